The molecule has 37 heavy (non-hydrogen) atoms. The van der Waals surface area contributed by atoms with Crippen LogP contribution in [0.1, 0.15) is 82.3 Å². The normalized spacial score (nSPS) is 17.9. The van der Waals surface area contributed by atoms with Gasteiger partial charge in [-0.1, -0.05) is 107 Å². The van der Waals surface area contributed by atoms with Crippen LogP contribution in [0, 0.1) is 5.92 Å². The van der Waals surface area contributed by atoms with Crippen LogP contribution in [0.5, 0.6) is 0 Å². The van der Waals surface area contributed by atoms with E-state index in [-0.39, 0.29) is 11.9 Å². The summed E-state index contributed by atoms with van der Waals surface area (Å²) in [5.74, 6) is 0.476. The number of carbonyl (C=O) groups is 1. The number of aryl methyl sites for hydroxylation is 1. The zero-order chi connectivity index (χ0) is 25.6. The first-order valence-corrected chi connectivity index (χ1v) is 14.5. The van der Waals surface area contributed by atoms with Crippen molar-refractivity contribution in [3.05, 3.63) is 84.4 Å². The quantitative estimate of drug-likeness (QED) is 0.340. The molecule has 3 nitrogen and oxygen atoms in total. The molecule has 2 saturated carbocycles. The lowest BCUT2D eigenvalue weighted by molar-refractivity contribution is -0.123. The van der Waals surface area contributed by atoms with Crippen molar-refractivity contribution in [1.29, 1.82) is 0 Å². The summed E-state index contributed by atoms with van der Waals surface area (Å²) in [5.41, 5.74) is 4.43. The first-order chi connectivity index (χ1) is 18.2. The van der Waals surface area contributed by atoms with Crippen LogP contribution in [-0.4, -0.2) is 22.9 Å². The highest BCUT2D eigenvalue weighted by Gasteiger charge is 2.39. The average Bonchev–Trinajstić information content (AvgIpc) is 2.96. The molecule has 3 aromatic rings. The fourth-order valence-electron chi connectivity index (χ4n) is 6.72. The van der Waals surface area contributed by atoms with Crippen molar-refractivity contribution in [2.75, 3.05) is 5.32 Å². The van der Waals surface area contributed by atoms with Crippen molar-refractivity contribution < 1.29 is 4.79 Å². The molecule has 194 valence electrons. The molecular weight excluding hydrogens is 452 g/mol. The molecule has 1 atom stereocenters. The topological polar surface area (TPSA) is 32.3 Å². The molecular formula is C34H42N2O. The summed E-state index contributed by atoms with van der Waals surface area (Å²) in [6, 6.07) is 23.4. The molecule has 0 aliphatic heterocycles. The number of nitrogens with one attached hydrogen (secondary N) is 1. The van der Waals surface area contributed by atoms with Crippen LogP contribution in [0.15, 0.2) is 73.3 Å². The maximum Gasteiger partial charge on any atom is 0.247 e. The van der Waals surface area contributed by atoms with Gasteiger partial charge < -0.3 is 10.2 Å². The number of carbonyl (C=O) groups excluding carboxylic acids is 1. The minimum absolute atomic E-state index is 0.128. The molecule has 5 rings (SSSR count). The molecule has 2 fully saturated rings. The number of anilines is 1. The van der Waals surface area contributed by atoms with Gasteiger partial charge in [0.25, 0.3) is 0 Å². The third-order valence-electron chi connectivity index (χ3n) is 8.67. The predicted molar refractivity (Wildman–Crippen MR) is 157 cm³/mol. The van der Waals surface area contributed by atoms with E-state index in [1.165, 1.54) is 55.0 Å². The van der Waals surface area contributed by atoms with Gasteiger partial charge in [0.05, 0.1) is 0 Å². The minimum atomic E-state index is -0.202. The monoisotopic (exact) mass is 494 g/mol. The van der Waals surface area contributed by atoms with Crippen LogP contribution in [0.2, 0.25) is 0 Å². The highest BCUT2D eigenvalue weighted by Crippen LogP contribution is 2.38. The van der Waals surface area contributed by atoms with E-state index in [4.69, 9.17) is 6.58 Å². The maximum atomic E-state index is 14.3. The Morgan fingerprint density at radius 1 is 0.865 bits per heavy atom. The Morgan fingerprint density at radius 3 is 2.24 bits per heavy atom. The second-order valence-corrected chi connectivity index (χ2v) is 11.1. The molecule has 0 saturated heterocycles. The van der Waals surface area contributed by atoms with Crippen molar-refractivity contribution in [3.63, 3.8) is 0 Å². The highest BCUT2D eigenvalue weighted by atomic mass is 16.2. The molecule has 2 aliphatic carbocycles. The van der Waals surface area contributed by atoms with Crippen LogP contribution < -0.4 is 5.32 Å². The lowest BCUT2D eigenvalue weighted by atomic mass is 9.80. The molecule has 3 heteroatoms. The Bertz CT molecular complexity index is 1220. The first-order valence-electron chi connectivity index (χ1n) is 14.5. The summed E-state index contributed by atoms with van der Waals surface area (Å²) < 4.78 is 0. The fraction of sp³-hybridized carbons (Fsp3) is 0.441. The molecule has 0 spiro atoms. The molecule has 0 bridgehead atoms. The zero-order valence-corrected chi connectivity index (χ0v) is 22.4. The number of nitrogens with zero attached hydrogens (tertiary/aromatic N) is 1. The summed E-state index contributed by atoms with van der Waals surface area (Å²) in [6.07, 6.45) is 12.9. The second kappa shape index (κ2) is 12.0. The van der Waals surface area contributed by atoms with Crippen molar-refractivity contribution in [2.45, 2.75) is 89.6 Å². The van der Waals surface area contributed by atoms with E-state index in [2.05, 4.69) is 77.8 Å². The molecule has 0 radical (unpaired) electrons. The van der Waals surface area contributed by atoms with Crippen molar-refractivity contribution in [3.8, 4) is 0 Å². The van der Waals surface area contributed by atoms with Crippen LogP contribution in [0.4, 0.5) is 5.69 Å². The summed E-state index contributed by atoms with van der Waals surface area (Å²) in [4.78, 5) is 16.8. The molecule has 1 amide bonds. The Kier molecular flexibility index (Phi) is 8.28. The molecule has 2 aliphatic rings. The number of rotatable bonds is 8. The minimum Gasteiger partial charge on any atom is -0.356 e. The third kappa shape index (κ3) is 5.76. The number of benzene rings is 3. The summed E-state index contributed by atoms with van der Waals surface area (Å²) >= 11 is 0. The highest BCUT2D eigenvalue weighted by molar-refractivity contribution is 5.98. The van der Waals surface area contributed by atoms with Gasteiger partial charge in [0.15, 0.2) is 0 Å². The maximum absolute atomic E-state index is 14.3. The molecule has 3 aromatic carbocycles. The molecule has 0 aromatic heterocycles. The lowest BCUT2D eigenvalue weighted by Gasteiger charge is -2.46. The van der Waals surface area contributed by atoms with Gasteiger partial charge in [0.1, 0.15) is 6.04 Å². The average molecular weight is 495 g/mol. The Hall–Kier alpha value is -3.07. The van der Waals surface area contributed by atoms with E-state index in [9.17, 15) is 4.79 Å². The van der Waals surface area contributed by atoms with E-state index in [1.807, 2.05) is 6.07 Å². The molecule has 0 heterocycles. The van der Waals surface area contributed by atoms with Crippen LogP contribution in [-0.2, 0) is 11.2 Å². The van der Waals surface area contributed by atoms with Gasteiger partial charge in [-0.15, -0.1) is 0 Å². The Morgan fingerprint density at radius 2 is 1.51 bits per heavy atom. The Balaban J connectivity index is 1.52. The van der Waals surface area contributed by atoms with Gasteiger partial charge in [0, 0.05) is 23.0 Å². The van der Waals surface area contributed by atoms with Gasteiger partial charge in [0.2, 0.25) is 5.91 Å². The van der Waals surface area contributed by atoms with Crippen LogP contribution >= 0.6 is 0 Å². The van der Waals surface area contributed by atoms with Crippen LogP contribution in [0.3, 0.4) is 0 Å². The van der Waals surface area contributed by atoms with Gasteiger partial charge in [-0.2, -0.15) is 0 Å². The zero-order valence-electron chi connectivity index (χ0n) is 22.4. The van der Waals surface area contributed by atoms with Gasteiger partial charge in [-0.25, -0.2) is 0 Å². The fourth-order valence-corrected chi connectivity index (χ4v) is 6.72. The lowest BCUT2D eigenvalue weighted by Crippen LogP contribution is -2.52. The second-order valence-electron chi connectivity index (χ2n) is 11.1. The van der Waals surface area contributed by atoms with Gasteiger partial charge in [-0.3, -0.25) is 4.79 Å². The van der Waals surface area contributed by atoms with Crippen LogP contribution in [0.25, 0.3) is 16.5 Å². The van der Waals surface area contributed by atoms with E-state index in [0.29, 0.717) is 12.0 Å². The van der Waals surface area contributed by atoms with E-state index in [0.717, 1.165) is 48.9 Å². The standard InChI is InChI=1S/C34H42N2O/c1-3-26-14-12-13-21-32(26)25(2)36(31-19-8-5-9-20-31)33(28-16-6-4-7-17-28)34(37)35-30-23-22-27-15-10-11-18-29(27)24-30/h10-15,18,21-24,28,31,33H,2-9,16-17,19-20H2,1H3,(H,35,37). The van der Waals surface area contributed by atoms with Gasteiger partial charge in [-0.05, 0) is 66.5 Å². The number of fused-ring (bicyclic) bond motifs is 1. The smallest absolute Gasteiger partial charge is 0.247 e. The van der Waals surface area contributed by atoms with E-state index < -0.39 is 0 Å². The summed E-state index contributed by atoms with van der Waals surface area (Å²) in [7, 11) is 0. The SMILES string of the molecule is C=C(c1ccccc1CC)N(C1CCCCC1)C(C(=O)Nc1ccc2ccccc2c1)C1CCCCC1. The van der Waals surface area contributed by atoms with Crippen molar-refractivity contribution in [2.24, 2.45) is 5.92 Å². The summed E-state index contributed by atoms with van der Waals surface area (Å²) in [6.45, 7) is 6.91. The van der Waals surface area contributed by atoms with Crippen molar-refractivity contribution in [1.82, 2.24) is 4.90 Å². The number of amides is 1. The largest absolute Gasteiger partial charge is 0.356 e. The number of hydrogen-bond acceptors (Lipinski definition) is 2. The van der Waals surface area contributed by atoms with Crippen molar-refractivity contribution >= 4 is 28.1 Å². The third-order valence-corrected chi connectivity index (χ3v) is 8.67. The molecule has 1 N–H and O–H groups in total. The first kappa shape index (κ1) is 25.6. The number of hydrogen-bond donors (Lipinski definition) is 1. The van der Waals surface area contributed by atoms with E-state index >= 15 is 0 Å². The predicted octanol–water partition coefficient (Wildman–Crippen LogP) is 8.60. The molecule has 1 unspecified atom stereocenters. The van der Waals surface area contributed by atoms with Gasteiger partial charge >= 0.3 is 0 Å². The Labute approximate surface area is 223 Å². The summed E-state index contributed by atoms with van der Waals surface area (Å²) in [5, 5.41) is 5.71. The van der Waals surface area contributed by atoms with E-state index in [1.54, 1.807) is 0 Å².